The van der Waals surface area contributed by atoms with E-state index in [0.29, 0.717) is 19.7 Å². The van der Waals surface area contributed by atoms with Gasteiger partial charge in [0.2, 0.25) is 5.91 Å². The van der Waals surface area contributed by atoms with E-state index >= 15 is 0 Å². The number of halogens is 2. The van der Waals surface area contributed by atoms with Gasteiger partial charge in [-0.1, -0.05) is 0 Å². The Morgan fingerprint density at radius 2 is 1.72 bits per heavy atom. The van der Waals surface area contributed by atoms with Crippen LogP contribution in [0.3, 0.4) is 0 Å². The first-order chi connectivity index (χ1) is 12.1. The van der Waals surface area contributed by atoms with Crippen LogP contribution >= 0.6 is 0 Å². The van der Waals surface area contributed by atoms with Crippen molar-refractivity contribution < 1.29 is 23.0 Å². The lowest BCUT2D eigenvalue weighted by Crippen LogP contribution is -2.25. The summed E-state index contributed by atoms with van der Waals surface area (Å²) in [6.07, 6.45) is 0.210. The van der Waals surface area contributed by atoms with Gasteiger partial charge >= 0.3 is 0 Å². The summed E-state index contributed by atoms with van der Waals surface area (Å²) in [5, 5.41) is 5.58. The summed E-state index contributed by atoms with van der Waals surface area (Å²) in [5.41, 5.74) is 0.228. The summed E-state index contributed by atoms with van der Waals surface area (Å²) >= 11 is 0. The molecule has 2 aromatic carbocycles. The first-order valence-corrected chi connectivity index (χ1v) is 7.81. The topological polar surface area (TPSA) is 59.6 Å². The number of benzene rings is 2. The summed E-state index contributed by atoms with van der Waals surface area (Å²) in [4.78, 5) is 11.7. The molecule has 0 saturated carbocycles. The van der Waals surface area contributed by atoms with Gasteiger partial charge in [-0.25, -0.2) is 8.78 Å². The van der Waals surface area contributed by atoms with Crippen molar-refractivity contribution in [2.24, 2.45) is 0 Å². The first-order valence-electron chi connectivity index (χ1n) is 7.81. The molecule has 1 amide bonds. The quantitative estimate of drug-likeness (QED) is 0.683. The van der Waals surface area contributed by atoms with Gasteiger partial charge in [-0.2, -0.15) is 0 Å². The number of amides is 1. The molecule has 0 atom stereocenters. The van der Waals surface area contributed by atoms with Crippen LogP contribution in [0.2, 0.25) is 0 Å². The van der Waals surface area contributed by atoms with E-state index in [4.69, 9.17) is 9.47 Å². The van der Waals surface area contributed by atoms with Gasteiger partial charge in [-0.15, -0.1) is 0 Å². The van der Waals surface area contributed by atoms with Gasteiger partial charge in [0.15, 0.2) is 11.6 Å². The Kier molecular flexibility index (Phi) is 7.16. The monoisotopic (exact) mass is 350 g/mol. The van der Waals surface area contributed by atoms with Crippen LogP contribution in [0.25, 0.3) is 0 Å². The van der Waals surface area contributed by atoms with Crippen molar-refractivity contribution in [2.45, 2.75) is 6.42 Å². The van der Waals surface area contributed by atoms with Crippen LogP contribution in [0, 0.1) is 11.6 Å². The smallest absolute Gasteiger partial charge is 0.225 e. The molecule has 0 unspecified atom stereocenters. The lowest BCUT2D eigenvalue weighted by molar-refractivity contribution is -0.116. The number of hydrogen-bond acceptors (Lipinski definition) is 4. The Labute approximate surface area is 144 Å². The predicted octanol–water partition coefficient (Wildman–Crippen LogP) is 2.97. The molecule has 25 heavy (non-hydrogen) atoms. The van der Waals surface area contributed by atoms with Crippen LogP contribution in [0.5, 0.6) is 11.5 Å². The predicted molar refractivity (Wildman–Crippen MR) is 91.0 cm³/mol. The first kappa shape index (κ1) is 18.7. The second kappa shape index (κ2) is 9.58. The van der Waals surface area contributed by atoms with Gasteiger partial charge in [-0.05, 0) is 36.4 Å². The molecule has 0 aliphatic rings. The van der Waals surface area contributed by atoms with Crippen LogP contribution in [-0.2, 0) is 4.79 Å². The van der Waals surface area contributed by atoms with E-state index in [0.717, 1.165) is 23.6 Å². The number of carbonyl (C=O) groups excluding carboxylic acids is 1. The highest BCUT2D eigenvalue weighted by molar-refractivity contribution is 5.90. The van der Waals surface area contributed by atoms with E-state index in [2.05, 4.69) is 10.6 Å². The van der Waals surface area contributed by atoms with Gasteiger partial charge in [0.1, 0.15) is 18.1 Å². The standard InChI is InChI=1S/C18H20F2N2O3/c1-24-14-3-5-15(6-4-14)25-11-10-21-9-8-18(23)22-13-2-7-16(19)17(20)12-13/h2-7,12,21H,8-11H2,1H3,(H,22,23). The van der Waals surface area contributed by atoms with Crippen molar-refractivity contribution in [3.05, 3.63) is 54.1 Å². The molecule has 2 aromatic rings. The molecule has 0 aliphatic heterocycles. The van der Waals surface area contributed by atoms with Crippen LogP contribution in [0.1, 0.15) is 6.42 Å². The lowest BCUT2D eigenvalue weighted by Gasteiger charge is -2.09. The average molecular weight is 350 g/mol. The van der Waals surface area contributed by atoms with Gasteiger partial charge in [-0.3, -0.25) is 4.79 Å². The minimum absolute atomic E-state index is 0.210. The molecule has 7 heteroatoms. The summed E-state index contributed by atoms with van der Waals surface area (Å²) in [6, 6.07) is 10.5. The zero-order chi connectivity index (χ0) is 18.1. The second-order valence-corrected chi connectivity index (χ2v) is 5.20. The normalized spacial score (nSPS) is 10.4. The SMILES string of the molecule is COc1ccc(OCCNCCC(=O)Nc2ccc(F)c(F)c2)cc1. The third-order valence-corrected chi connectivity index (χ3v) is 3.34. The molecule has 0 spiro atoms. The number of hydrogen-bond donors (Lipinski definition) is 2. The molecule has 0 radical (unpaired) electrons. The molecule has 0 fully saturated rings. The zero-order valence-electron chi connectivity index (χ0n) is 13.9. The van der Waals surface area contributed by atoms with E-state index in [-0.39, 0.29) is 18.0 Å². The third-order valence-electron chi connectivity index (χ3n) is 3.34. The number of methoxy groups -OCH3 is 1. The highest BCUT2D eigenvalue weighted by Gasteiger charge is 2.06. The highest BCUT2D eigenvalue weighted by Crippen LogP contribution is 2.16. The molecule has 0 aliphatic carbocycles. The highest BCUT2D eigenvalue weighted by atomic mass is 19.2. The van der Waals surface area contributed by atoms with Crippen molar-refractivity contribution in [1.82, 2.24) is 5.32 Å². The van der Waals surface area contributed by atoms with Crippen LogP contribution < -0.4 is 20.1 Å². The number of rotatable bonds is 9. The molecule has 0 bridgehead atoms. The van der Waals surface area contributed by atoms with Gasteiger partial charge in [0.05, 0.1) is 7.11 Å². The average Bonchev–Trinajstić information content (AvgIpc) is 2.61. The molecule has 2 rings (SSSR count). The summed E-state index contributed by atoms with van der Waals surface area (Å²) < 4.78 is 36.4. The fourth-order valence-corrected chi connectivity index (χ4v) is 2.04. The van der Waals surface area contributed by atoms with E-state index in [9.17, 15) is 13.6 Å². The number of carbonyl (C=O) groups is 1. The van der Waals surface area contributed by atoms with Gasteiger partial charge < -0.3 is 20.1 Å². The molecular weight excluding hydrogens is 330 g/mol. The maximum absolute atomic E-state index is 13.0. The van der Waals surface area contributed by atoms with Crippen molar-refractivity contribution >= 4 is 11.6 Å². The van der Waals surface area contributed by atoms with Crippen molar-refractivity contribution in [3.8, 4) is 11.5 Å². The van der Waals surface area contributed by atoms with E-state index in [1.165, 1.54) is 6.07 Å². The maximum atomic E-state index is 13.0. The zero-order valence-corrected chi connectivity index (χ0v) is 13.9. The molecule has 0 heterocycles. The largest absolute Gasteiger partial charge is 0.497 e. The van der Waals surface area contributed by atoms with Crippen LogP contribution in [0.4, 0.5) is 14.5 Å². The Morgan fingerprint density at radius 3 is 2.40 bits per heavy atom. The minimum atomic E-state index is -0.994. The second-order valence-electron chi connectivity index (χ2n) is 5.20. The fraction of sp³-hybridized carbons (Fsp3) is 0.278. The maximum Gasteiger partial charge on any atom is 0.225 e. The number of anilines is 1. The van der Waals surface area contributed by atoms with Crippen molar-refractivity contribution in [3.63, 3.8) is 0 Å². The fourth-order valence-electron chi connectivity index (χ4n) is 2.04. The Balaban J connectivity index is 1.58. The molecule has 0 aromatic heterocycles. The minimum Gasteiger partial charge on any atom is -0.497 e. The Morgan fingerprint density at radius 1 is 1.00 bits per heavy atom. The molecule has 134 valence electrons. The van der Waals surface area contributed by atoms with E-state index in [1.807, 2.05) is 24.3 Å². The third kappa shape index (κ3) is 6.39. The van der Waals surface area contributed by atoms with Crippen LogP contribution in [0.15, 0.2) is 42.5 Å². The summed E-state index contributed by atoms with van der Waals surface area (Å²) in [6.45, 7) is 1.48. The van der Waals surface area contributed by atoms with Crippen molar-refractivity contribution in [1.29, 1.82) is 0 Å². The number of nitrogens with one attached hydrogen (secondary N) is 2. The van der Waals surface area contributed by atoms with Gasteiger partial charge in [0.25, 0.3) is 0 Å². The van der Waals surface area contributed by atoms with Crippen LogP contribution in [-0.4, -0.2) is 32.7 Å². The molecular formula is C18H20F2N2O3. The van der Waals surface area contributed by atoms with Gasteiger partial charge in [0, 0.05) is 31.3 Å². The number of ether oxygens (including phenoxy) is 2. The van der Waals surface area contributed by atoms with E-state index < -0.39 is 11.6 Å². The molecule has 5 nitrogen and oxygen atoms in total. The Bertz CT molecular complexity index is 693. The summed E-state index contributed by atoms with van der Waals surface area (Å²) in [5.74, 6) is -0.728. The van der Waals surface area contributed by atoms with Crippen molar-refractivity contribution in [2.75, 3.05) is 32.1 Å². The lowest BCUT2D eigenvalue weighted by atomic mass is 10.3. The summed E-state index contributed by atoms with van der Waals surface area (Å²) in [7, 11) is 1.60. The Hall–Kier alpha value is -2.67. The molecule has 2 N–H and O–H groups in total. The molecule has 0 saturated heterocycles. The van der Waals surface area contributed by atoms with E-state index in [1.54, 1.807) is 7.11 Å².